The number of quaternary nitrogens is 1. The van der Waals surface area contributed by atoms with Crippen LogP contribution in [0.25, 0.3) is 4.96 Å². The van der Waals surface area contributed by atoms with Crippen LogP contribution in [0.3, 0.4) is 0 Å². The molecule has 7 heteroatoms. The number of nitrogens with one attached hydrogen (secondary N) is 1. The molecule has 0 radical (unpaired) electrons. The molecule has 0 spiro atoms. The summed E-state index contributed by atoms with van der Waals surface area (Å²) in [6.07, 6.45) is 2.55. The number of fused-ring (bicyclic) bond motifs is 2. The van der Waals surface area contributed by atoms with Gasteiger partial charge in [-0.15, -0.1) is 11.3 Å². The third-order valence-electron chi connectivity index (χ3n) is 4.89. The largest absolute Gasteiger partial charge is 0.492 e. The molecule has 1 unspecified atom stereocenters. The predicted octanol–water partition coefficient (Wildman–Crippen LogP) is 2.29. The fourth-order valence-electron chi connectivity index (χ4n) is 3.70. The Morgan fingerprint density at radius 1 is 1.16 bits per heavy atom. The Kier molecular flexibility index (Phi) is 3.58. The first-order chi connectivity index (χ1) is 12.3. The van der Waals surface area contributed by atoms with Crippen molar-refractivity contribution in [1.29, 1.82) is 0 Å². The third kappa shape index (κ3) is 2.47. The molecule has 2 atom stereocenters. The Balaban J connectivity index is 1.60. The molecular weight excluding hydrogens is 352 g/mol. The lowest BCUT2D eigenvalue weighted by molar-refractivity contribution is -0.940. The number of rotatable bonds is 3. The number of thiophene rings is 1. The van der Waals surface area contributed by atoms with E-state index in [2.05, 4.69) is 51.9 Å². The summed E-state index contributed by atoms with van der Waals surface area (Å²) in [6.45, 7) is 2.01. The van der Waals surface area contributed by atoms with E-state index in [0.29, 0.717) is 0 Å². The second-order valence-corrected chi connectivity index (χ2v) is 8.28. The van der Waals surface area contributed by atoms with Crippen LogP contribution in [0.15, 0.2) is 48.1 Å². The zero-order valence-corrected chi connectivity index (χ0v) is 15.1. The first-order valence-corrected chi connectivity index (χ1v) is 9.97. The lowest BCUT2D eigenvalue weighted by Gasteiger charge is -2.31. The van der Waals surface area contributed by atoms with E-state index >= 15 is 0 Å². The van der Waals surface area contributed by atoms with Gasteiger partial charge in [-0.1, -0.05) is 41.7 Å². The highest BCUT2D eigenvalue weighted by Gasteiger charge is 2.35. The average molecular weight is 369 g/mol. The molecule has 5 rings (SSSR count). The average Bonchev–Trinajstić information content (AvgIpc) is 3.37. The predicted molar refractivity (Wildman–Crippen MR) is 98.4 cm³/mol. The summed E-state index contributed by atoms with van der Waals surface area (Å²) < 4.78 is 1.54. The van der Waals surface area contributed by atoms with Gasteiger partial charge in [0.15, 0.2) is 6.04 Å². The van der Waals surface area contributed by atoms with Crippen LogP contribution in [0.2, 0.25) is 0 Å². The van der Waals surface area contributed by atoms with Crippen LogP contribution in [-0.4, -0.2) is 26.2 Å². The number of aromatic hydroxyl groups is 1. The van der Waals surface area contributed by atoms with Crippen molar-refractivity contribution < 1.29 is 10.0 Å². The van der Waals surface area contributed by atoms with Crippen LogP contribution in [-0.2, 0) is 13.0 Å². The number of nitrogens with zero attached hydrogens (tertiary/aromatic N) is 3. The van der Waals surface area contributed by atoms with Crippen LogP contribution in [0, 0.1) is 0 Å². The standard InChI is InChI=1S/C18H16N4OS2/c23-17-16(25-18-19-11-20-22(17)18)15(14-6-3-9-24-14)21-8-7-12-4-1-2-5-13(12)10-21/h1-6,9,11,15,23H,7-8,10H2/p+1/t15-/m0/s1. The van der Waals surface area contributed by atoms with Crippen molar-refractivity contribution in [1.82, 2.24) is 14.6 Å². The Hall–Kier alpha value is -2.22. The highest BCUT2D eigenvalue weighted by atomic mass is 32.1. The fourth-order valence-corrected chi connectivity index (χ4v) is 5.77. The monoisotopic (exact) mass is 369 g/mol. The van der Waals surface area contributed by atoms with Crippen molar-refractivity contribution in [3.63, 3.8) is 0 Å². The second-order valence-electron chi connectivity index (χ2n) is 6.30. The summed E-state index contributed by atoms with van der Waals surface area (Å²) in [6, 6.07) is 13.0. The third-order valence-corrected chi connectivity index (χ3v) is 6.92. The van der Waals surface area contributed by atoms with Gasteiger partial charge in [-0.05, 0) is 17.0 Å². The van der Waals surface area contributed by atoms with E-state index in [1.807, 2.05) is 0 Å². The molecule has 0 saturated carbocycles. The van der Waals surface area contributed by atoms with Crippen LogP contribution in [0.1, 0.15) is 26.9 Å². The Labute approximate surface area is 152 Å². The number of aromatic nitrogens is 3. The Morgan fingerprint density at radius 2 is 2.04 bits per heavy atom. The number of benzene rings is 1. The van der Waals surface area contributed by atoms with Gasteiger partial charge in [-0.3, -0.25) is 0 Å². The minimum Gasteiger partial charge on any atom is -0.492 e. The summed E-state index contributed by atoms with van der Waals surface area (Å²) in [7, 11) is 0. The lowest BCUT2D eigenvalue weighted by atomic mass is 9.98. The van der Waals surface area contributed by atoms with Gasteiger partial charge in [0, 0.05) is 12.0 Å². The topological polar surface area (TPSA) is 54.9 Å². The molecular formula is C18H17N4OS2+. The summed E-state index contributed by atoms with van der Waals surface area (Å²) in [5.74, 6) is 0.224. The molecule has 25 heavy (non-hydrogen) atoms. The van der Waals surface area contributed by atoms with Crippen LogP contribution in [0.5, 0.6) is 5.88 Å². The smallest absolute Gasteiger partial charge is 0.235 e. The Bertz CT molecular complexity index is 1020. The molecule has 0 amide bonds. The number of hydrogen-bond donors (Lipinski definition) is 2. The van der Waals surface area contributed by atoms with Crippen LogP contribution < -0.4 is 4.90 Å². The molecule has 2 N–H and O–H groups in total. The quantitative estimate of drug-likeness (QED) is 0.583. The minimum atomic E-state index is 0.113. The normalized spacial score (nSPS) is 18.3. The van der Waals surface area contributed by atoms with E-state index in [9.17, 15) is 5.11 Å². The van der Waals surface area contributed by atoms with Crippen LogP contribution in [0.4, 0.5) is 0 Å². The molecule has 4 aromatic rings. The van der Waals surface area contributed by atoms with E-state index in [-0.39, 0.29) is 11.9 Å². The lowest BCUT2D eigenvalue weighted by Crippen LogP contribution is -3.12. The van der Waals surface area contributed by atoms with Gasteiger partial charge in [-0.25, -0.2) is 4.98 Å². The van der Waals surface area contributed by atoms with Crippen molar-refractivity contribution in [2.75, 3.05) is 6.54 Å². The zero-order chi connectivity index (χ0) is 16.8. The molecule has 0 saturated heterocycles. The van der Waals surface area contributed by atoms with Crippen molar-refractivity contribution >= 4 is 27.6 Å². The second kappa shape index (κ2) is 5.94. The van der Waals surface area contributed by atoms with Gasteiger partial charge in [-0.2, -0.15) is 9.61 Å². The molecule has 0 bridgehead atoms. The first kappa shape index (κ1) is 15.1. The van der Waals surface area contributed by atoms with Gasteiger partial charge < -0.3 is 10.0 Å². The SMILES string of the molecule is Oc1c([C@H](c2cccs2)[NH+]2CCc3ccccc3C2)sc2ncnn12. The van der Waals surface area contributed by atoms with Gasteiger partial charge in [0.1, 0.15) is 17.7 Å². The minimum absolute atomic E-state index is 0.113. The van der Waals surface area contributed by atoms with Gasteiger partial charge in [0.25, 0.3) is 0 Å². The Morgan fingerprint density at radius 3 is 2.84 bits per heavy atom. The summed E-state index contributed by atoms with van der Waals surface area (Å²) in [5.41, 5.74) is 2.85. The molecule has 0 fully saturated rings. The van der Waals surface area contributed by atoms with E-state index < -0.39 is 0 Å². The summed E-state index contributed by atoms with van der Waals surface area (Å²) in [5, 5.41) is 17.0. The fraction of sp³-hybridized carbons (Fsp3) is 0.222. The maximum Gasteiger partial charge on any atom is 0.235 e. The molecule has 4 heterocycles. The van der Waals surface area contributed by atoms with E-state index in [4.69, 9.17) is 0 Å². The van der Waals surface area contributed by atoms with E-state index in [0.717, 1.165) is 29.3 Å². The molecule has 1 aliphatic heterocycles. The van der Waals surface area contributed by atoms with Crippen molar-refractivity contribution in [2.45, 2.75) is 19.0 Å². The molecule has 1 aliphatic rings. The number of hydrogen-bond acceptors (Lipinski definition) is 5. The van der Waals surface area contributed by atoms with E-state index in [1.54, 1.807) is 11.3 Å². The molecule has 3 aromatic heterocycles. The van der Waals surface area contributed by atoms with Gasteiger partial charge in [0.2, 0.25) is 10.8 Å². The molecule has 1 aromatic carbocycles. The highest BCUT2D eigenvalue weighted by molar-refractivity contribution is 7.17. The van der Waals surface area contributed by atoms with Gasteiger partial charge >= 0.3 is 0 Å². The molecule has 0 aliphatic carbocycles. The molecule has 126 valence electrons. The highest BCUT2D eigenvalue weighted by Crippen LogP contribution is 2.36. The zero-order valence-electron chi connectivity index (χ0n) is 13.4. The van der Waals surface area contributed by atoms with Crippen molar-refractivity contribution in [3.8, 4) is 5.88 Å². The first-order valence-electron chi connectivity index (χ1n) is 8.27. The molecule has 5 nitrogen and oxygen atoms in total. The van der Waals surface area contributed by atoms with Crippen molar-refractivity contribution in [3.05, 3.63) is 69.0 Å². The summed E-state index contributed by atoms with van der Waals surface area (Å²) in [4.78, 5) is 8.67. The maximum atomic E-state index is 10.7. The van der Waals surface area contributed by atoms with E-state index in [1.165, 1.54) is 43.1 Å². The van der Waals surface area contributed by atoms with Crippen LogP contribution >= 0.6 is 22.7 Å². The van der Waals surface area contributed by atoms with Gasteiger partial charge in [0.05, 0.1) is 11.4 Å². The maximum absolute atomic E-state index is 10.7. The summed E-state index contributed by atoms with van der Waals surface area (Å²) >= 11 is 3.28. The van der Waals surface area contributed by atoms with Crippen molar-refractivity contribution in [2.24, 2.45) is 0 Å². The number of thiazole rings is 1.